The van der Waals surface area contributed by atoms with Crippen LogP contribution in [0.1, 0.15) is 41.0 Å². The molecule has 0 saturated heterocycles. The van der Waals surface area contributed by atoms with Crippen LogP contribution in [0.5, 0.6) is 5.88 Å². The van der Waals surface area contributed by atoms with Gasteiger partial charge in [0.1, 0.15) is 5.82 Å². The van der Waals surface area contributed by atoms with Crippen LogP contribution in [-0.4, -0.2) is 40.7 Å². The lowest BCUT2D eigenvalue weighted by atomic mass is 10.1. The summed E-state index contributed by atoms with van der Waals surface area (Å²) in [5.41, 5.74) is 1.72. The van der Waals surface area contributed by atoms with Crippen LogP contribution in [-0.2, 0) is 11.3 Å². The third kappa shape index (κ3) is 6.89. The number of ether oxygens (including phenoxy) is 1. The van der Waals surface area contributed by atoms with Gasteiger partial charge in [0, 0.05) is 35.5 Å². The molecule has 0 saturated carbocycles. The molecule has 0 unspecified atom stereocenters. The zero-order chi connectivity index (χ0) is 24.1. The van der Waals surface area contributed by atoms with Crippen molar-refractivity contribution in [3.05, 3.63) is 46.8 Å². The van der Waals surface area contributed by atoms with Gasteiger partial charge in [0.05, 0.1) is 0 Å². The normalized spacial score (nSPS) is 11.6. The summed E-state index contributed by atoms with van der Waals surface area (Å²) in [6, 6.07) is 4.55. The number of amides is 2. The van der Waals surface area contributed by atoms with Crippen LogP contribution in [0.15, 0.2) is 24.4 Å². The second-order valence-electron chi connectivity index (χ2n) is 7.53. The van der Waals surface area contributed by atoms with Gasteiger partial charge in [-0.25, -0.2) is 18.7 Å². The van der Waals surface area contributed by atoms with Crippen molar-refractivity contribution in [2.75, 3.05) is 11.9 Å². The maximum Gasteiger partial charge on any atom is 0.340 e. The largest absolute Gasteiger partial charge is 0.471 e. The molecule has 0 aliphatic heterocycles. The molecule has 0 bridgehead atoms. The molecule has 2 aromatic rings. The lowest BCUT2D eigenvalue weighted by molar-refractivity contribution is -0.148. The molecule has 0 spiro atoms. The number of carbonyl (C=O) groups is 2. The summed E-state index contributed by atoms with van der Waals surface area (Å²) in [5, 5.41) is 5.32. The first-order chi connectivity index (χ1) is 14.9. The first-order valence-electron chi connectivity index (χ1n) is 9.71. The van der Waals surface area contributed by atoms with E-state index in [-0.39, 0.29) is 35.6 Å². The van der Waals surface area contributed by atoms with Crippen molar-refractivity contribution in [2.24, 2.45) is 5.92 Å². The number of anilines is 1. The number of hydrogen-bond donors (Lipinski definition) is 2. The summed E-state index contributed by atoms with van der Waals surface area (Å²) < 4.78 is 55.2. The number of nitrogens with one attached hydrogen (secondary N) is 2. The minimum Gasteiger partial charge on any atom is -0.471 e. The molecule has 0 radical (unpaired) electrons. The highest BCUT2D eigenvalue weighted by molar-refractivity contribution is 5.97. The molecular weight excluding hydrogens is 432 g/mol. The molecule has 7 nitrogen and oxygen atoms in total. The molecule has 2 amide bonds. The van der Waals surface area contributed by atoms with Crippen molar-refractivity contribution in [3.63, 3.8) is 0 Å². The Morgan fingerprint density at radius 1 is 1.16 bits per heavy atom. The van der Waals surface area contributed by atoms with Gasteiger partial charge in [0.15, 0.2) is 6.61 Å². The summed E-state index contributed by atoms with van der Waals surface area (Å²) >= 11 is 0. The Bertz CT molecular complexity index is 984. The molecule has 11 heteroatoms. The topological polar surface area (TPSA) is 93.2 Å². The number of halogens is 4. The Morgan fingerprint density at radius 3 is 2.44 bits per heavy atom. The number of aromatic nitrogens is 2. The second kappa shape index (κ2) is 10.4. The molecule has 2 rings (SSSR count). The molecule has 2 heterocycles. The van der Waals surface area contributed by atoms with Crippen molar-refractivity contribution in [3.8, 4) is 5.88 Å². The van der Waals surface area contributed by atoms with Crippen LogP contribution in [0.2, 0.25) is 0 Å². The molecule has 0 aromatic carbocycles. The monoisotopic (exact) mass is 456 g/mol. The van der Waals surface area contributed by atoms with Gasteiger partial charge in [-0.3, -0.25) is 9.59 Å². The van der Waals surface area contributed by atoms with E-state index in [9.17, 15) is 27.2 Å². The van der Waals surface area contributed by atoms with Gasteiger partial charge >= 0.3 is 12.3 Å². The van der Waals surface area contributed by atoms with Crippen LogP contribution in [0.4, 0.5) is 23.4 Å². The molecule has 32 heavy (non-hydrogen) atoms. The standard InChI is InChI=1S/C21H24F4N4O3/c1-11(2)17(30)29-16-7-15(6-13(4)28-16)18(31)26-8-14-5-12(3)19(27-9-14)32-10-21(24,25)20(22)23/h5-7,9,11,20H,8,10H2,1-4H3,(H,26,31)(H,28,29,30). The lowest BCUT2D eigenvalue weighted by Gasteiger charge is -2.16. The van der Waals surface area contributed by atoms with Gasteiger partial charge in [-0.05, 0) is 37.6 Å². The van der Waals surface area contributed by atoms with E-state index >= 15 is 0 Å². The Morgan fingerprint density at radius 2 is 1.84 bits per heavy atom. The molecule has 174 valence electrons. The fourth-order valence-electron chi connectivity index (χ4n) is 2.51. The smallest absolute Gasteiger partial charge is 0.340 e. The Hall–Kier alpha value is -3.24. The van der Waals surface area contributed by atoms with E-state index in [0.717, 1.165) is 0 Å². The predicted octanol–water partition coefficient (Wildman–Crippen LogP) is 3.90. The van der Waals surface area contributed by atoms with E-state index in [1.54, 1.807) is 26.8 Å². The zero-order valence-electron chi connectivity index (χ0n) is 18.0. The van der Waals surface area contributed by atoms with Crippen molar-refractivity contribution in [2.45, 2.75) is 46.6 Å². The predicted molar refractivity (Wildman–Crippen MR) is 109 cm³/mol. The highest BCUT2D eigenvalue weighted by Gasteiger charge is 2.42. The minimum atomic E-state index is -4.28. The number of hydrogen-bond acceptors (Lipinski definition) is 5. The van der Waals surface area contributed by atoms with Crippen molar-refractivity contribution >= 4 is 17.6 Å². The fraction of sp³-hybridized carbons (Fsp3) is 0.429. The summed E-state index contributed by atoms with van der Waals surface area (Å²) in [5.74, 6) is -5.13. The Labute approximate surface area is 182 Å². The van der Waals surface area contributed by atoms with Gasteiger partial charge in [0.2, 0.25) is 11.8 Å². The Kier molecular flexibility index (Phi) is 8.12. The molecule has 2 N–H and O–H groups in total. The van der Waals surface area contributed by atoms with Gasteiger partial charge in [-0.1, -0.05) is 13.8 Å². The zero-order valence-corrected chi connectivity index (χ0v) is 18.0. The molecule has 0 atom stereocenters. The molecule has 0 aliphatic carbocycles. The fourth-order valence-corrected chi connectivity index (χ4v) is 2.51. The SMILES string of the molecule is Cc1cc(C(=O)NCc2cnc(OCC(F)(F)C(F)F)c(C)c2)cc(NC(=O)C(C)C)n1. The van der Waals surface area contributed by atoms with E-state index in [2.05, 4.69) is 20.6 Å². The first-order valence-corrected chi connectivity index (χ1v) is 9.71. The molecule has 0 fully saturated rings. The third-order valence-electron chi connectivity index (χ3n) is 4.25. The average molecular weight is 456 g/mol. The van der Waals surface area contributed by atoms with Gasteiger partial charge in [-0.2, -0.15) is 8.78 Å². The number of carbonyl (C=O) groups excluding carboxylic acids is 2. The van der Waals surface area contributed by atoms with Crippen molar-refractivity contribution < 1.29 is 31.9 Å². The quantitative estimate of drug-likeness (QED) is 0.559. The molecule has 0 aliphatic rings. The number of rotatable bonds is 9. The number of pyridine rings is 2. The summed E-state index contributed by atoms with van der Waals surface area (Å²) in [6.07, 6.45) is -2.55. The first kappa shape index (κ1) is 25.0. The van der Waals surface area contributed by atoms with E-state index in [4.69, 9.17) is 4.74 Å². The van der Waals surface area contributed by atoms with Gasteiger partial charge < -0.3 is 15.4 Å². The second-order valence-corrected chi connectivity index (χ2v) is 7.53. The highest BCUT2D eigenvalue weighted by atomic mass is 19.3. The summed E-state index contributed by atoms with van der Waals surface area (Å²) in [6.45, 7) is 5.24. The van der Waals surface area contributed by atoms with Crippen LogP contribution in [0.3, 0.4) is 0 Å². The van der Waals surface area contributed by atoms with E-state index in [1.165, 1.54) is 25.3 Å². The van der Waals surface area contributed by atoms with E-state index in [0.29, 0.717) is 16.8 Å². The Balaban J connectivity index is 2.01. The number of nitrogens with zero attached hydrogens (tertiary/aromatic N) is 2. The maximum atomic E-state index is 13.0. The number of alkyl halides is 4. The van der Waals surface area contributed by atoms with Crippen LogP contribution >= 0.6 is 0 Å². The van der Waals surface area contributed by atoms with Crippen molar-refractivity contribution in [1.29, 1.82) is 0 Å². The third-order valence-corrected chi connectivity index (χ3v) is 4.25. The minimum absolute atomic E-state index is 0.0647. The van der Waals surface area contributed by atoms with Crippen LogP contribution in [0, 0.1) is 19.8 Å². The molecular formula is C21H24F4N4O3. The average Bonchev–Trinajstić information content (AvgIpc) is 2.70. The van der Waals surface area contributed by atoms with E-state index in [1.807, 2.05) is 0 Å². The molecule has 2 aromatic heterocycles. The summed E-state index contributed by atoms with van der Waals surface area (Å²) in [7, 11) is 0. The number of aryl methyl sites for hydroxylation is 2. The van der Waals surface area contributed by atoms with Gasteiger partial charge in [-0.15, -0.1) is 0 Å². The van der Waals surface area contributed by atoms with Crippen molar-refractivity contribution in [1.82, 2.24) is 15.3 Å². The van der Waals surface area contributed by atoms with E-state index < -0.39 is 24.9 Å². The lowest BCUT2D eigenvalue weighted by Crippen LogP contribution is -2.34. The maximum absolute atomic E-state index is 13.0. The highest BCUT2D eigenvalue weighted by Crippen LogP contribution is 2.25. The van der Waals surface area contributed by atoms with Crippen LogP contribution in [0.25, 0.3) is 0 Å². The van der Waals surface area contributed by atoms with Gasteiger partial charge in [0.25, 0.3) is 5.91 Å². The van der Waals surface area contributed by atoms with Crippen LogP contribution < -0.4 is 15.4 Å². The summed E-state index contributed by atoms with van der Waals surface area (Å²) in [4.78, 5) is 32.4.